The van der Waals surface area contributed by atoms with Gasteiger partial charge >= 0.3 is 5.97 Å². The van der Waals surface area contributed by atoms with E-state index in [0.717, 1.165) is 12.1 Å². The highest BCUT2D eigenvalue weighted by Gasteiger charge is 2.40. The van der Waals surface area contributed by atoms with Crippen molar-refractivity contribution in [2.45, 2.75) is 70.4 Å². The molecule has 0 spiro atoms. The van der Waals surface area contributed by atoms with Gasteiger partial charge in [0.15, 0.2) is 0 Å². The molecular formula is C24H29F2NO4S. The van der Waals surface area contributed by atoms with Crippen LogP contribution in [0.5, 0.6) is 0 Å². The molecule has 1 fully saturated rings. The molecule has 0 aliphatic carbocycles. The number of carbonyl (C=O) groups is 1. The van der Waals surface area contributed by atoms with Crippen LogP contribution in [0.25, 0.3) is 0 Å². The fourth-order valence-electron chi connectivity index (χ4n) is 3.94. The zero-order valence-corrected chi connectivity index (χ0v) is 19.6. The number of halogens is 2. The van der Waals surface area contributed by atoms with E-state index in [9.17, 15) is 22.0 Å². The molecule has 1 aliphatic heterocycles. The quantitative estimate of drug-likeness (QED) is 0.589. The molecule has 0 aromatic heterocycles. The van der Waals surface area contributed by atoms with E-state index in [1.165, 1.54) is 4.31 Å². The predicted molar refractivity (Wildman–Crippen MR) is 118 cm³/mol. The SMILES string of the molecule is CC1CCC(c2ccccc2)S(=O)(=O)N1Cc1cc(F)c(CC(=O)OC(C)(C)C)cc1F. The minimum absolute atomic E-state index is 0.0698. The van der Waals surface area contributed by atoms with Crippen LogP contribution in [0, 0.1) is 11.6 Å². The van der Waals surface area contributed by atoms with Crippen molar-refractivity contribution in [3.8, 4) is 0 Å². The standard InChI is InChI=1S/C24H29F2NO4S/c1-16-10-11-22(17-8-6-5-7-9-17)32(29,30)27(16)15-19-13-20(25)18(12-21(19)26)14-23(28)31-24(2,3)4/h5-9,12-13,16,22H,10-11,14-15H2,1-4H3. The number of carbonyl (C=O) groups excluding carboxylic acids is 1. The number of ether oxygens (including phenoxy) is 1. The largest absolute Gasteiger partial charge is 0.460 e. The highest BCUT2D eigenvalue weighted by atomic mass is 32.2. The summed E-state index contributed by atoms with van der Waals surface area (Å²) in [6.45, 7) is 6.56. The molecule has 32 heavy (non-hydrogen) atoms. The van der Waals surface area contributed by atoms with Crippen molar-refractivity contribution < 1.29 is 26.7 Å². The lowest BCUT2D eigenvalue weighted by Crippen LogP contribution is -2.44. The number of esters is 1. The molecule has 0 amide bonds. The number of hydrogen-bond donors (Lipinski definition) is 0. The van der Waals surface area contributed by atoms with Gasteiger partial charge in [0, 0.05) is 23.7 Å². The minimum atomic E-state index is -3.77. The molecule has 2 atom stereocenters. The summed E-state index contributed by atoms with van der Waals surface area (Å²) in [5.74, 6) is -2.19. The van der Waals surface area contributed by atoms with Crippen LogP contribution in [0.2, 0.25) is 0 Å². The van der Waals surface area contributed by atoms with Crippen LogP contribution >= 0.6 is 0 Å². The fraction of sp³-hybridized carbons (Fsp3) is 0.458. The van der Waals surface area contributed by atoms with Crippen LogP contribution in [-0.4, -0.2) is 30.3 Å². The molecule has 174 valence electrons. The first-order chi connectivity index (χ1) is 14.9. The van der Waals surface area contributed by atoms with Crippen LogP contribution in [-0.2, 0) is 32.5 Å². The van der Waals surface area contributed by atoms with Crippen LogP contribution in [0.1, 0.15) is 62.5 Å². The molecule has 1 aliphatic rings. The molecule has 8 heteroatoms. The monoisotopic (exact) mass is 465 g/mol. The minimum Gasteiger partial charge on any atom is -0.460 e. The van der Waals surface area contributed by atoms with Gasteiger partial charge in [-0.1, -0.05) is 30.3 Å². The summed E-state index contributed by atoms with van der Waals surface area (Å²) in [6, 6.07) is 10.5. The van der Waals surface area contributed by atoms with E-state index in [0.29, 0.717) is 18.4 Å². The molecule has 5 nitrogen and oxygen atoms in total. The Labute approximate surface area is 188 Å². The van der Waals surface area contributed by atoms with E-state index in [1.807, 2.05) is 6.07 Å². The Morgan fingerprint density at radius 1 is 1.06 bits per heavy atom. The van der Waals surface area contributed by atoms with Crippen molar-refractivity contribution in [3.63, 3.8) is 0 Å². The van der Waals surface area contributed by atoms with E-state index in [2.05, 4.69) is 0 Å². The van der Waals surface area contributed by atoms with E-state index >= 15 is 0 Å². The Balaban J connectivity index is 1.84. The normalized spacial score (nSPS) is 21.3. The van der Waals surface area contributed by atoms with Crippen LogP contribution in [0.4, 0.5) is 8.78 Å². The van der Waals surface area contributed by atoms with Gasteiger partial charge in [0.05, 0.1) is 6.42 Å². The Kier molecular flexibility index (Phi) is 7.05. The molecule has 1 saturated heterocycles. The van der Waals surface area contributed by atoms with Crippen LogP contribution in [0.15, 0.2) is 42.5 Å². The average molecular weight is 466 g/mol. The maximum absolute atomic E-state index is 14.8. The summed E-state index contributed by atoms with van der Waals surface area (Å²) >= 11 is 0. The maximum Gasteiger partial charge on any atom is 0.310 e. The summed E-state index contributed by atoms with van der Waals surface area (Å²) in [7, 11) is -3.77. The van der Waals surface area contributed by atoms with Gasteiger partial charge in [-0.05, 0) is 58.2 Å². The van der Waals surface area contributed by atoms with Gasteiger partial charge in [0.2, 0.25) is 10.0 Å². The molecule has 2 aromatic rings. The van der Waals surface area contributed by atoms with Crippen LogP contribution in [0.3, 0.4) is 0 Å². The second-order valence-corrected chi connectivity index (χ2v) is 11.3. The van der Waals surface area contributed by atoms with Crippen molar-refractivity contribution in [2.24, 2.45) is 0 Å². The predicted octanol–water partition coefficient (Wildman–Crippen LogP) is 4.90. The first kappa shape index (κ1) is 24.3. The molecule has 3 rings (SSSR count). The Morgan fingerprint density at radius 2 is 1.66 bits per heavy atom. The molecule has 0 radical (unpaired) electrons. The Bertz CT molecular complexity index is 1080. The zero-order chi connectivity index (χ0) is 23.7. The third-order valence-corrected chi connectivity index (χ3v) is 7.86. The number of hydrogen-bond acceptors (Lipinski definition) is 4. The van der Waals surface area contributed by atoms with Gasteiger partial charge in [-0.25, -0.2) is 17.2 Å². The smallest absolute Gasteiger partial charge is 0.310 e. The number of nitrogens with zero attached hydrogens (tertiary/aromatic N) is 1. The third-order valence-electron chi connectivity index (χ3n) is 5.49. The van der Waals surface area contributed by atoms with Gasteiger partial charge in [-0.2, -0.15) is 4.31 Å². The summed E-state index contributed by atoms with van der Waals surface area (Å²) in [4.78, 5) is 12.0. The van der Waals surface area contributed by atoms with Crippen molar-refractivity contribution in [3.05, 3.63) is 70.8 Å². The molecular weight excluding hydrogens is 436 g/mol. The first-order valence-electron chi connectivity index (χ1n) is 10.6. The fourth-order valence-corrected chi connectivity index (χ4v) is 6.13. The second kappa shape index (κ2) is 9.27. The van der Waals surface area contributed by atoms with E-state index in [4.69, 9.17) is 4.74 Å². The second-order valence-electron chi connectivity index (χ2n) is 9.21. The molecule has 1 heterocycles. The maximum atomic E-state index is 14.8. The average Bonchev–Trinajstić information content (AvgIpc) is 2.67. The molecule has 2 unspecified atom stereocenters. The van der Waals surface area contributed by atoms with Crippen molar-refractivity contribution in [1.82, 2.24) is 4.31 Å². The number of benzene rings is 2. The summed E-state index contributed by atoms with van der Waals surface area (Å²) in [6.07, 6.45) is 0.671. The van der Waals surface area contributed by atoms with E-state index < -0.39 is 44.9 Å². The summed E-state index contributed by atoms with van der Waals surface area (Å²) in [5, 5.41) is -0.723. The lowest BCUT2D eigenvalue weighted by molar-refractivity contribution is -0.153. The third kappa shape index (κ3) is 5.53. The van der Waals surface area contributed by atoms with Gasteiger partial charge in [0.1, 0.15) is 22.5 Å². The van der Waals surface area contributed by atoms with Crippen molar-refractivity contribution in [1.29, 1.82) is 0 Å². The number of rotatable bonds is 5. The van der Waals surface area contributed by atoms with Gasteiger partial charge < -0.3 is 4.74 Å². The van der Waals surface area contributed by atoms with Crippen molar-refractivity contribution in [2.75, 3.05) is 0 Å². The summed E-state index contributed by atoms with van der Waals surface area (Å²) in [5.41, 5.74) is -0.249. The lowest BCUT2D eigenvalue weighted by atomic mass is 10.0. The highest BCUT2D eigenvalue weighted by Crippen LogP contribution is 2.38. The first-order valence-corrected chi connectivity index (χ1v) is 12.1. The van der Waals surface area contributed by atoms with E-state index in [-0.39, 0.29) is 23.7 Å². The van der Waals surface area contributed by atoms with Crippen LogP contribution < -0.4 is 0 Å². The lowest BCUT2D eigenvalue weighted by Gasteiger charge is -2.37. The Hall–Kier alpha value is -2.32. The summed E-state index contributed by atoms with van der Waals surface area (Å²) < 4.78 is 62.6. The van der Waals surface area contributed by atoms with Gasteiger partial charge in [-0.15, -0.1) is 0 Å². The molecule has 0 saturated carbocycles. The van der Waals surface area contributed by atoms with Gasteiger partial charge in [-0.3, -0.25) is 4.79 Å². The molecule has 2 aromatic carbocycles. The highest BCUT2D eigenvalue weighted by molar-refractivity contribution is 7.89. The topological polar surface area (TPSA) is 63.7 Å². The molecule has 0 bridgehead atoms. The molecule has 0 N–H and O–H groups in total. The Morgan fingerprint density at radius 3 is 2.28 bits per heavy atom. The van der Waals surface area contributed by atoms with Gasteiger partial charge in [0.25, 0.3) is 0 Å². The van der Waals surface area contributed by atoms with Crippen molar-refractivity contribution >= 4 is 16.0 Å². The number of sulfonamides is 1. The van der Waals surface area contributed by atoms with E-state index in [1.54, 1.807) is 52.0 Å². The zero-order valence-electron chi connectivity index (χ0n) is 18.8.